The van der Waals surface area contributed by atoms with Gasteiger partial charge < -0.3 is 10.4 Å². The van der Waals surface area contributed by atoms with Gasteiger partial charge in [-0.15, -0.1) is 0 Å². The summed E-state index contributed by atoms with van der Waals surface area (Å²) in [4.78, 5) is 13.4. The number of likely N-dealkylation sites (tertiary alicyclic amines) is 1. The van der Waals surface area contributed by atoms with E-state index in [0.29, 0.717) is 5.02 Å². The molecule has 0 unspecified atom stereocenters. The number of nitrogens with one attached hydrogen (secondary N) is 1. The van der Waals surface area contributed by atoms with Gasteiger partial charge in [0.2, 0.25) is 0 Å². The Balaban J connectivity index is 1.47. The molecule has 0 amide bonds. The smallest absolute Gasteiger partial charge is 0.337 e. The zero-order valence-corrected chi connectivity index (χ0v) is 13.5. The molecule has 5 heteroatoms. The third-order valence-corrected chi connectivity index (χ3v) is 4.96. The van der Waals surface area contributed by atoms with E-state index in [-0.39, 0.29) is 5.56 Å². The number of benzene rings is 1. The fourth-order valence-corrected chi connectivity index (χ4v) is 3.34. The van der Waals surface area contributed by atoms with Crippen molar-refractivity contribution in [1.82, 2.24) is 10.2 Å². The van der Waals surface area contributed by atoms with Crippen LogP contribution in [0.2, 0.25) is 5.02 Å². The number of hydrogen-bond acceptors (Lipinski definition) is 3. The second kappa shape index (κ2) is 6.99. The average molecular weight is 323 g/mol. The molecule has 0 aromatic heterocycles. The van der Waals surface area contributed by atoms with E-state index in [2.05, 4.69) is 10.2 Å². The van der Waals surface area contributed by atoms with Crippen molar-refractivity contribution in [1.29, 1.82) is 0 Å². The van der Waals surface area contributed by atoms with Crippen molar-refractivity contribution in [3.05, 3.63) is 34.3 Å². The van der Waals surface area contributed by atoms with Gasteiger partial charge in [-0.05, 0) is 68.9 Å². The van der Waals surface area contributed by atoms with Crippen LogP contribution < -0.4 is 5.32 Å². The first-order valence-corrected chi connectivity index (χ1v) is 8.47. The highest BCUT2D eigenvalue weighted by atomic mass is 35.5. The molecule has 1 heterocycles. The second-order valence-corrected chi connectivity index (χ2v) is 6.93. The molecule has 1 aromatic rings. The summed E-state index contributed by atoms with van der Waals surface area (Å²) in [5.41, 5.74) is 1.26. The van der Waals surface area contributed by atoms with Gasteiger partial charge in [-0.2, -0.15) is 0 Å². The van der Waals surface area contributed by atoms with Crippen molar-refractivity contribution < 1.29 is 9.90 Å². The molecule has 1 saturated heterocycles. The molecule has 0 spiro atoms. The largest absolute Gasteiger partial charge is 0.478 e. The van der Waals surface area contributed by atoms with Crippen molar-refractivity contribution in [2.75, 3.05) is 19.6 Å². The molecule has 4 nitrogen and oxygen atoms in total. The van der Waals surface area contributed by atoms with Gasteiger partial charge in [0.15, 0.2) is 0 Å². The summed E-state index contributed by atoms with van der Waals surface area (Å²) in [5.74, 6) is -0.171. The van der Waals surface area contributed by atoms with E-state index in [1.807, 2.05) is 6.07 Å². The number of rotatable bonds is 6. The fraction of sp³-hybridized carbons (Fsp3) is 0.588. The van der Waals surface area contributed by atoms with Crippen LogP contribution >= 0.6 is 11.6 Å². The molecular weight excluding hydrogens is 300 g/mol. The third kappa shape index (κ3) is 4.22. The summed E-state index contributed by atoms with van der Waals surface area (Å²) in [5, 5.41) is 13.0. The van der Waals surface area contributed by atoms with E-state index in [4.69, 9.17) is 16.7 Å². The van der Waals surface area contributed by atoms with Crippen LogP contribution in [0.1, 0.15) is 41.6 Å². The first-order valence-electron chi connectivity index (χ1n) is 8.09. The zero-order chi connectivity index (χ0) is 15.5. The van der Waals surface area contributed by atoms with Crippen molar-refractivity contribution in [2.45, 2.75) is 38.3 Å². The standard InChI is InChI=1S/C17H23ClN2O2/c18-16-9-13(1-4-15(16)17(21)22)11-20-7-5-12(6-8-20)10-19-14-2-3-14/h1,4,9,12,14,19H,2-3,5-8,10-11H2,(H,21,22). The molecule has 1 saturated carbocycles. The molecule has 120 valence electrons. The normalized spacial score (nSPS) is 20.2. The minimum Gasteiger partial charge on any atom is -0.478 e. The minimum atomic E-state index is -0.972. The van der Waals surface area contributed by atoms with Crippen LogP contribution in [0.5, 0.6) is 0 Å². The maximum absolute atomic E-state index is 11.0. The Morgan fingerprint density at radius 1 is 1.27 bits per heavy atom. The summed E-state index contributed by atoms with van der Waals surface area (Å²) in [6.45, 7) is 4.23. The lowest BCUT2D eigenvalue weighted by Crippen LogP contribution is -2.37. The molecule has 2 aliphatic rings. The summed E-state index contributed by atoms with van der Waals surface area (Å²) >= 11 is 6.03. The second-order valence-electron chi connectivity index (χ2n) is 6.52. The lowest BCUT2D eigenvalue weighted by molar-refractivity contribution is 0.0697. The highest BCUT2D eigenvalue weighted by molar-refractivity contribution is 6.33. The average Bonchev–Trinajstić information content (AvgIpc) is 3.30. The Bertz CT molecular complexity index is 537. The van der Waals surface area contributed by atoms with E-state index in [1.165, 1.54) is 25.7 Å². The number of carboxylic acid groups (broad SMARTS) is 1. The summed E-state index contributed by atoms with van der Waals surface area (Å²) in [7, 11) is 0. The summed E-state index contributed by atoms with van der Waals surface area (Å²) < 4.78 is 0. The van der Waals surface area contributed by atoms with Crippen molar-refractivity contribution in [3.8, 4) is 0 Å². The van der Waals surface area contributed by atoms with E-state index in [9.17, 15) is 4.79 Å². The van der Waals surface area contributed by atoms with Crippen LogP contribution in [0.15, 0.2) is 18.2 Å². The Labute approximate surface area is 136 Å². The van der Waals surface area contributed by atoms with Gasteiger partial charge >= 0.3 is 5.97 Å². The molecule has 2 fully saturated rings. The number of piperidine rings is 1. The maximum atomic E-state index is 11.0. The molecule has 2 N–H and O–H groups in total. The van der Waals surface area contributed by atoms with Crippen LogP contribution in [0.3, 0.4) is 0 Å². The van der Waals surface area contributed by atoms with E-state index in [0.717, 1.165) is 43.7 Å². The van der Waals surface area contributed by atoms with Gasteiger partial charge in [0.1, 0.15) is 0 Å². The van der Waals surface area contributed by atoms with Gasteiger partial charge in [-0.3, -0.25) is 4.90 Å². The highest BCUT2D eigenvalue weighted by Crippen LogP contribution is 2.24. The van der Waals surface area contributed by atoms with Crippen LogP contribution in [0.25, 0.3) is 0 Å². The Morgan fingerprint density at radius 2 is 2.00 bits per heavy atom. The molecule has 0 bridgehead atoms. The molecule has 22 heavy (non-hydrogen) atoms. The van der Waals surface area contributed by atoms with E-state index >= 15 is 0 Å². The first kappa shape index (κ1) is 15.8. The molecule has 3 rings (SSSR count). The van der Waals surface area contributed by atoms with Gasteiger partial charge in [0.25, 0.3) is 0 Å². The quantitative estimate of drug-likeness (QED) is 0.845. The minimum absolute atomic E-state index is 0.176. The lowest BCUT2D eigenvalue weighted by Gasteiger charge is -2.32. The Hall–Kier alpha value is -1.10. The molecule has 1 aliphatic carbocycles. The van der Waals surface area contributed by atoms with Crippen molar-refractivity contribution in [2.24, 2.45) is 5.92 Å². The SMILES string of the molecule is O=C(O)c1ccc(CN2CCC(CNC3CC3)CC2)cc1Cl. The van der Waals surface area contributed by atoms with Crippen LogP contribution in [0, 0.1) is 5.92 Å². The third-order valence-electron chi connectivity index (χ3n) is 4.65. The predicted octanol–water partition coefficient (Wildman–Crippen LogP) is 3.00. The Morgan fingerprint density at radius 3 is 2.59 bits per heavy atom. The zero-order valence-electron chi connectivity index (χ0n) is 12.7. The first-order chi connectivity index (χ1) is 10.6. The summed E-state index contributed by atoms with van der Waals surface area (Å²) in [6.07, 6.45) is 5.18. The van der Waals surface area contributed by atoms with Crippen LogP contribution in [0.4, 0.5) is 0 Å². The molecule has 0 radical (unpaired) electrons. The molecule has 1 aliphatic heterocycles. The topological polar surface area (TPSA) is 52.6 Å². The monoisotopic (exact) mass is 322 g/mol. The van der Waals surface area contributed by atoms with Gasteiger partial charge in [0.05, 0.1) is 10.6 Å². The van der Waals surface area contributed by atoms with E-state index < -0.39 is 5.97 Å². The number of carbonyl (C=O) groups is 1. The van der Waals surface area contributed by atoms with Crippen molar-refractivity contribution >= 4 is 17.6 Å². The number of halogens is 1. The number of hydrogen-bond donors (Lipinski definition) is 2. The lowest BCUT2D eigenvalue weighted by atomic mass is 9.96. The fourth-order valence-electron chi connectivity index (χ4n) is 3.06. The highest BCUT2D eigenvalue weighted by Gasteiger charge is 2.24. The van der Waals surface area contributed by atoms with Gasteiger partial charge in [-0.1, -0.05) is 17.7 Å². The number of nitrogens with zero attached hydrogens (tertiary/aromatic N) is 1. The molecule has 0 atom stereocenters. The van der Waals surface area contributed by atoms with Gasteiger partial charge in [0, 0.05) is 12.6 Å². The van der Waals surface area contributed by atoms with Crippen LogP contribution in [-0.4, -0.2) is 41.7 Å². The summed E-state index contributed by atoms with van der Waals surface area (Å²) in [6, 6.07) is 6.06. The molecule has 1 aromatic carbocycles. The van der Waals surface area contributed by atoms with E-state index in [1.54, 1.807) is 12.1 Å². The Kier molecular flexibility index (Phi) is 5.01. The predicted molar refractivity (Wildman–Crippen MR) is 87.4 cm³/mol. The molecular formula is C17H23ClN2O2. The van der Waals surface area contributed by atoms with Crippen molar-refractivity contribution in [3.63, 3.8) is 0 Å². The number of aromatic carboxylic acids is 1. The van der Waals surface area contributed by atoms with Gasteiger partial charge in [-0.25, -0.2) is 4.79 Å². The van der Waals surface area contributed by atoms with Crippen LogP contribution in [-0.2, 0) is 6.54 Å². The number of carboxylic acids is 1. The maximum Gasteiger partial charge on any atom is 0.337 e.